The van der Waals surface area contributed by atoms with Gasteiger partial charge in [0.25, 0.3) is 0 Å². The van der Waals surface area contributed by atoms with Gasteiger partial charge in [0, 0.05) is 12.6 Å². The highest BCUT2D eigenvalue weighted by molar-refractivity contribution is 5.69. The minimum absolute atomic E-state index is 0.00385. The molecule has 1 aromatic rings. The van der Waals surface area contributed by atoms with Crippen molar-refractivity contribution in [1.29, 1.82) is 0 Å². The van der Waals surface area contributed by atoms with Gasteiger partial charge < -0.3 is 14.8 Å². The SMILES string of the molecule is COC(=O)CCNC(C)c1ccc(F)c(OC)c1. The number of ether oxygens (including phenoxy) is 2. The Hall–Kier alpha value is -1.62. The van der Waals surface area contributed by atoms with Crippen LogP contribution in [0.1, 0.15) is 24.9 Å². The number of nitrogens with one attached hydrogen (secondary N) is 1. The first-order valence-electron chi connectivity index (χ1n) is 5.72. The van der Waals surface area contributed by atoms with Gasteiger partial charge in [0.1, 0.15) is 0 Å². The first kappa shape index (κ1) is 14.4. The highest BCUT2D eigenvalue weighted by Gasteiger charge is 2.09. The van der Waals surface area contributed by atoms with Crippen molar-refractivity contribution in [3.8, 4) is 5.75 Å². The van der Waals surface area contributed by atoms with Crippen molar-refractivity contribution in [2.24, 2.45) is 0 Å². The van der Waals surface area contributed by atoms with E-state index in [0.29, 0.717) is 13.0 Å². The summed E-state index contributed by atoms with van der Waals surface area (Å²) in [5.41, 5.74) is 0.901. The lowest BCUT2D eigenvalue weighted by molar-refractivity contribution is -0.140. The number of esters is 1. The zero-order chi connectivity index (χ0) is 13.5. The van der Waals surface area contributed by atoms with Crippen LogP contribution in [0, 0.1) is 5.82 Å². The molecule has 0 spiro atoms. The van der Waals surface area contributed by atoms with Gasteiger partial charge in [0.05, 0.1) is 20.6 Å². The van der Waals surface area contributed by atoms with E-state index < -0.39 is 0 Å². The van der Waals surface area contributed by atoms with Crippen LogP contribution in [0.3, 0.4) is 0 Å². The molecule has 0 aliphatic rings. The zero-order valence-electron chi connectivity index (χ0n) is 10.8. The Morgan fingerprint density at radius 3 is 2.78 bits per heavy atom. The topological polar surface area (TPSA) is 47.6 Å². The molecule has 0 fully saturated rings. The van der Waals surface area contributed by atoms with Crippen molar-refractivity contribution in [1.82, 2.24) is 5.32 Å². The number of halogens is 1. The summed E-state index contributed by atoms with van der Waals surface area (Å²) in [5, 5.41) is 3.16. The molecule has 1 rings (SSSR count). The molecule has 0 aromatic heterocycles. The normalized spacial score (nSPS) is 12.0. The summed E-state index contributed by atoms with van der Waals surface area (Å²) < 4.78 is 22.7. The maximum absolute atomic E-state index is 13.2. The third-order valence-electron chi connectivity index (χ3n) is 2.68. The van der Waals surface area contributed by atoms with Crippen molar-refractivity contribution in [3.63, 3.8) is 0 Å². The van der Waals surface area contributed by atoms with Gasteiger partial charge in [-0.15, -0.1) is 0 Å². The average Bonchev–Trinajstić information content (AvgIpc) is 2.38. The molecule has 100 valence electrons. The Kier molecular flexibility index (Phi) is 5.58. The van der Waals surface area contributed by atoms with Crippen LogP contribution in [0.5, 0.6) is 5.75 Å². The molecule has 0 aliphatic heterocycles. The number of benzene rings is 1. The van der Waals surface area contributed by atoms with Crippen molar-refractivity contribution in [2.45, 2.75) is 19.4 Å². The zero-order valence-corrected chi connectivity index (χ0v) is 10.8. The van der Waals surface area contributed by atoms with Crippen molar-refractivity contribution in [2.75, 3.05) is 20.8 Å². The van der Waals surface area contributed by atoms with Gasteiger partial charge in [0.2, 0.25) is 0 Å². The third-order valence-corrected chi connectivity index (χ3v) is 2.68. The summed E-state index contributed by atoms with van der Waals surface area (Å²) in [6, 6.07) is 4.70. The molecular formula is C13H18FNO3. The minimum atomic E-state index is -0.386. The molecule has 0 bridgehead atoms. The number of carbonyl (C=O) groups excluding carboxylic acids is 1. The van der Waals surface area contributed by atoms with Gasteiger partial charge in [0.15, 0.2) is 11.6 Å². The molecule has 0 heterocycles. The van der Waals surface area contributed by atoms with Gasteiger partial charge in [-0.25, -0.2) is 4.39 Å². The number of carbonyl (C=O) groups is 1. The lowest BCUT2D eigenvalue weighted by atomic mass is 10.1. The van der Waals surface area contributed by atoms with Gasteiger partial charge in [-0.2, -0.15) is 0 Å². The van der Waals surface area contributed by atoms with E-state index in [4.69, 9.17) is 4.74 Å². The fraction of sp³-hybridized carbons (Fsp3) is 0.462. The molecule has 1 aromatic carbocycles. The standard InChI is InChI=1S/C13H18FNO3/c1-9(15-7-6-13(16)18-3)10-4-5-11(14)12(8-10)17-2/h4-5,8-9,15H,6-7H2,1-3H3. The van der Waals surface area contributed by atoms with Crippen LogP contribution in [-0.4, -0.2) is 26.7 Å². The van der Waals surface area contributed by atoms with Gasteiger partial charge in [-0.1, -0.05) is 6.07 Å². The summed E-state index contributed by atoms with van der Waals surface area (Å²) in [6.07, 6.45) is 0.305. The molecule has 4 nitrogen and oxygen atoms in total. The van der Waals surface area contributed by atoms with E-state index in [1.807, 2.05) is 6.92 Å². The summed E-state index contributed by atoms with van der Waals surface area (Å²) in [4.78, 5) is 10.9. The van der Waals surface area contributed by atoms with E-state index in [0.717, 1.165) is 5.56 Å². The van der Waals surface area contributed by atoms with Crippen LogP contribution in [0.4, 0.5) is 4.39 Å². The van der Waals surface area contributed by atoms with Gasteiger partial charge in [-0.05, 0) is 24.6 Å². The Morgan fingerprint density at radius 2 is 2.17 bits per heavy atom. The van der Waals surface area contributed by atoms with E-state index in [1.165, 1.54) is 20.3 Å². The molecule has 1 N–H and O–H groups in total. The average molecular weight is 255 g/mol. The summed E-state index contributed by atoms with van der Waals surface area (Å²) >= 11 is 0. The molecule has 0 saturated heterocycles. The van der Waals surface area contributed by atoms with Crippen LogP contribution < -0.4 is 10.1 Å². The fourth-order valence-corrected chi connectivity index (χ4v) is 1.56. The van der Waals surface area contributed by atoms with E-state index in [1.54, 1.807) is 12.1 Å². The van der Waals surface area contributed by atoms with Crippen LogP contribution in [0.25, 0.3) is 0 Å². The second-order valence-corrected chi connectivity index (χ2v) is 3.90. The molecule has 0 saturated carbocycles. The lowest BCUT2D eigenvalue weighted by Crippen LogP contribution is -2.22. The molecule has 1 unspecified atom stereocenters. The van der Waals surface area contributed by atoms with Crippen molar-refractivity contribution in [3.05, 3.63) is 29.6 Å². The van der Waals surface area contributed by atoms with E-state index in [9.17, 15) is 9.18 Å². The van der Waals surface area contributed by atoms with Crippen LogP contribution >= 0.6 is 0 Å². The first-order valence-corrected chi connectivity index (χ1v) is 5.72. The van der Waals surface area contributed by atoms with E-state index in [2.05, 4.69) is 10.1 Å². The van der Waals surface area contributed by atoms with Gasteiger partial charge >= 0.3 is 5.97 Å². The molecular weight excluding hydrogens is 237 g/mol. The second kappa shape index (κ2) is 6.96. The molecule has 0 radical (unpaired) electrons. The molecule has 1 atom stereocenters. The minimum Gasteiger partial charge on any atom is -0.494 e. The maximum Gasteiger partial charge on any atom is 0.306 e. The summed E-state index contributed by atoms with van der Waals surface area (Å²) in [5.74, 6) is -0.427. The Labute approximate surface area is 106 Å². The first-order chi connectivity index (χ1) is 8.58. The molecule has 18 heavy (non-hydrogen) atoms. The predicted octanol–water partition coefficient (Wildman–Crippen LogP) is 2.05. The quantitative estimate of drug-likeness (QED) is 0.790. The van der Waals surface area contributed by atoms with Crippen LogP contribution in [0.15, 0.2) is 18.2 Å². The van der Waals surface area contributed by atoms with Crippen molar-refractivity contribution >= 4 is 5.97 Å². The third kappa shape index (κ3) is 4.00. The maximum atomic E-state index is 13.2. The highest BCUT2D eigenvalue weighted by Crippen LogP contribution is 2.22. The number of methoxy groups -OCH3 is 2. The van der Waals surface area contributed by atoms with Gasteiger partial charge in [-0.3, -0.25) is 4.79 Å². The van der Waals surface area contributed by atoms with Crippen molar-refractivity contribution < 1.29 is 18.7 Å². The Morgan fingerprint density at radius 1 is 1.44 bits per heavy atom. The molecule has 5 heteroatoms. The number of hydrogen-bond acceptors (Lipinski definition) is 4. The van der Waals surface area contributed by atoms with Crippen LogP contribution in [0.2, 0.25) is 0 Å². The fourth-order valence-electron chi connectivity index (χ4n) is 1.56. The lowest BCUT2D eigenvalue weighted by Gasteiger charge is -2.15. The Balaban J connectivity index is 2.56. The monoisotopic (exact) mass is 255 g/mol. The second-order valence-electron chi connectivity index (χ2n) is 3.90. The summed E-state index contributed by atoms with van der Waals surface area (Å²) in [7, 11) is 2.79. The van der Waals surface area contributed by atoms with Crippen LogP contribution in [-0.2, 0) is 9.53 Å². The summed E-state index contributed by atoms with van der Waals surface area (Å²) in [6.45, 7) is 2.44. The smallest absolute Gasteiger partial charge is 0.306 e. The van der Waals surface area contributed by atoms with E-state index in [-0.39, 0.29) is 23.6 Å². The molecule has 0 aliphatic carbocycles. The van der Waals surface area contributed by atoms with E-state index >= 15 is 0 Å². The largest absolute Gasteiger partial charge is 0.494 e. The highest BCUT2D eigenvalue weighted by atomic mass is 19.1. The Bertz CT molecular complexity index is 409. The molecule has 0 amide bonds. The number of rotatable bonds is 6. The number of hydrogen-bond donors (Lipinski definition) is 1. The predicted molar refractivity (Wildman–Crippen MR) is 66.0 cm³/mol.